The molecule has 0 heterocycles. The lowest BCUT2D eigenvalue weighted by atomic mass is 10.1. The fraction of sp³-hybridized carbons (Fsp3) is 0.538. The first kappa shape index (κ1) is 14.5. The fourth-order valence-corrected chi connectivity index (χ4v) is 2.33. The van der Waals surface area contributed by atoms with E-state index in [-0.39, 0.29) is 6.04 Å². The summed E-state index contributed by atoms with van der Waals surface area (Å²) in [5.74, 6) is 0. The quantitative estimate of drug-likeness (QED) is 0.901. The van der Waals surface area contributed by atoms with Gasteiger partial charge in [-0.25, -0.2) is 0 Å². The molecule has 0 atom stereocenters. The van der Waals surface area contributed by atoms with Gasteiger partial charge in [0.15, 0.2) is 0 Å². The van der Waals surface area contributed by atoms with Gasteiger partial charge in [-0.3, -0.25) is 0 Å². The molecule has 0 saturated heterocycles. The maximum absolute atomic E-state index is 12.7. The normalized spacial score (nSPS) is 15.6. The van der Waals surface area contributed by atoms with Crippen LogP contribution < -0.4 is 10.6 Å². The summed E-state index contributed by atoms with van der Waals surface area (Å²) in [6, 6.07) is 5.03. The fourth-order valence-electron chi connectivity index (χ4n) is 2.16. The molecule has 0 radical (unpaired) electrons. The van der Waals surface area contributed by atoms with Crippen molar-refractivity contribution in [3.8, 4) is 0 Å². The van der Waals surface area contributed by atoms with E-state index in [1.807, 2.05) is 0 Å². The van der Waals surface area contributed by atoms with Gasteiger partial charge in [0.25, 0.3) is 0 Å². The Kier molecular flexibility index (Phi) is 4.26. The van der Waals surface area contributed by atoms with Gasteiger partial charge in [-0.05, 0) is 43.5 Å². The summed E-state index contributed by atoms with van der Waals surface area (Å²) in [6.07, 6.45) is -2.08. The van der Waals surface area contributed by atoms with Crippen LogP contribution in [0.15, 0.2) is 18.2 Å². The van der Waals surface area contributed by atoms with E-state index in [0.29, 0.717) is 23.7 Å². The Bertz CT molecular complexity index is 444. The van der Waals surface area contributed by atoms with Gasteiger partial charge in [-0.15, -0.1) is 0 Å². The standard InChI is InChI=1S/C13H16ClF3N2/c14-10-2-1-9(5-6-18)12(7-10)19(11-3-4-11)8-13(15,16)17/h1-2,7,11H,3-6,8,18H2. The Morgan fingerprint density at radius 3 is 2.53 bits per heavy atom. The van der Waals surface area contributed by atoms with Crippen molar-refractivity contribution in [2.45, 2.75) is 31.5 Å². The van der Waals surface area contributed by atoms with Crippen LogP contribution in [0.5, 0.6) is 0 Å². The molecule has 0 aromatic heterocycles. The van der Waals surface area contributed by atoms with Crippen molar-refractivity contribution in [3.63, 3.8) is 0 Å². The van der Waals surface area contributed by atoms with Crippen molar-refractivity contribution < 1.29 is 13.2 Å². The molecule has 19 heavy (non-hydrogen) atoms. The molecule has 2 N–H and O–H groups in total. The number of rotatable bonds is 5. The molecule has 1 aliphatic rings. The summed E-state index contributed by atoms with van der Waals surface area (Å²) in [6.45, 7) is -0.533. The predicted octanol–water partition coefficient (Wildman–Crippen LogP) is 3.37. The van der Waals surface area contributed by atoms with Gasteiger partial charge in [0.1, 0.15) is 6.54 Å². The number of benzene rings is 1. The Labute approximate surface area is 115 Å². The first-order chi connectivity index (χ1) is 8.90. The molecule has 0 amide bonds. The van der Waals surface area contributed by atoms with Crippen LogP contribution in [0, 0.1) is 0 Å². The molecular weight excluding hydrogens is 277 g/mol. The summed E-state index contributed by atoms with van der Waals surface area (Å²) < 4.78 is 38.1. The van der Waals surface area contributed by atoms with Crippen LogP contribution in [0.4, 0.5) is 18.9 Å². The van der Waals surface area contributed by atoms with E-state index < -0.39 is 12.7 Å². The summed E-state index contributed by atoms with van der Waals surface area (Å²) in [7, 11) is 0. The maximum Gasteiger partial charge on any atom is 0.405 e. The second-order valence-electron chi connectivity index (χ2n) is 4.79. The van der Waals surface area contributed by atoms with E-state index in [9.17, 15) is 13.2 Å². The van der Waals surface area contributed by atoms with Gasteiger partial charge in [0.05, 0.1) is 0 Å². The zero-order chi connectivity index (χ0) is 14.0. The smallest absolute Gasteiger partial charge is 0.359 e. The van der Waals surface area contributed by atoms with E-state index >= 15 is 0 Å². The molecule has 1 aliphatic carbocycles. The van der Waals surface area contributed by atoms with Gasteiger partial charge >= 0.3 is 6.18 Å². The van der Waals surface area contributed by atoms with Gasteiger partial charge in [-0.1, -0.05) is 17.7 Å². The molecule has 1 fully saturated rings. The molecule has 0 bridgehead atoms. The molecule has 2 nitrogen and oxygen atoms in total. The first-order valence-electron chi connectivity index (χ1n) is 6.22. The minimum atomic E-state index is -4.22. The van der Waals surface area contributed by atoms with Crippen molar-refractivity contribution in [1.29, 1.82) is 0 Å². The third kappa shape index (κ3) is 4.01. The van der Waals surface area contributed by atoms with Crippen molar-refractivity contribution in [2.75, 3.05) is 18.0 Å². The molecular formula is C13H16ClF3N2. The van der Waals surface area contributed by atoms with E-state index in [4.69, 9.17) is 17.3 Å². The molecule has 106 valence electrons. The monoisotopic (exact) mass is 292 g/mol. The van der Waals surface area contributed by atoms with Gasteiger partial charge in [-0.2, -0.15) is 13.2 Å². The lowest BCUT2D eigenvalue weighted by Gasteiger charge is -2.28. The molecule has 1 aromatic carbocycles. The Hall–Kier alpha value is -0.940. The number of nitrogens with zero attached hydrogens (tertiary/aromatic N) is 1. The van der Waals surface area contributed by atoms with Crippen LogP contribution in [0.3, 0.4) is 0 Å². The van der Waals surface area contributed by atoms with Crippen LogP contribution in [0.2, 0.25) is 5.02 Å². The van der Waals surface area contributed by atoms with Gasteiger partial charge in [0, 0.05) is 16.8 Å². The summed E-state index contributed by atoms with van der Waals surface area (Å²) in [4.78, 5) is 1.41. The second-order valence-corrected chi connectivity index (χ2v) is 5.22. The predicted molar refractivity (Wildman–Crippen MR) is 70.6 cm³/mol. The van der Waals surface area contributed by atoms with Crippen molar-refractivity contribution in [2.24, 2.45) is 5.73 Å². The second kappa shape index (κ2) is 5.59. The summed E-state index contributed by atoms with van der Waals surface area (Å²) >= 11 is 5.92. The van der Waals surface area contributed by atoms with E-state index in [0.717, 1.165) is 18.4 Å². The van der Waals surface area contributed by atoms with E-state index in [1.54, 1.807) is 18.2 Å². The van der Waals surface area contributed by atoms with Gasteiger partial charge < -0.3 is 10.6 Å². The molecule has 0 aliphatic heterocycles. The molecule has 6 heteroatoms. The molecule has 2 rings (SSSR count). The molecule has 0 spiro atoms. The number of anilines is 1. The van der Waals surface area contributed by atoms with Crippen LogP contribution >= 0.6 is 11.6 Å². The average molecular weight is 293 g/mol. The van der Waals surface area contributed by atoms with E-state index in [1.165, 1.54) is 4.90 Å². The van der Waals surface area contributed by atoms with Crippen LogP contribution in [0.1, 0.15) is 18.4 Å². The number of alkyl halides is 3. The van der Waals surface area contributed by atoms with Crippen LogP contribution in [-0.2, 0) is 6.42 Å². The Morgan fingerprint density at radius 1 is 1.32 bits per heavy atom. The minimum Gasteiger partial charge on any atom is -0.359 e. The third-order valence-electron chi connectivity index (χ3n) is 3.11. The minimum absolute atomic E-state index is 0.0309. The zero-order valence-electron chi connectivity index (χ0n) is 10.4. The lowest BCUT2D eigenvalue weighted by Crippen LogP contribution is -2.36. The number of halogens is 4. The number of hydrogen-bond donors (Lipinski definition) is 1. The molecule has 1 saturated carbocycles. The highest BCUT2D eigenvalue weighted by Gasteiger charge is 2.38. The van der Waals surface area contributed by atoms with Crippen LogP contribution in [-0.4, -0.2) is 25.3 Å². The first-order valence-corrected chi connectivity index (χ1v) is 6.60. The van der Waals surface area contributed by atoms with Crippen molar-refractivity contribution >= 4 is 17.3 Å². The topological polar surface area (TPSA) is 29.3 Å². The van der Waals surface area contributed by atoms with Crippen LogP contribution in [0.25, 0.3) is 0 Å². The zero-order valence-corrected chi connectivity index (χ0v) is 11.1. The Morgan fingerprint density at radius 2 is 2.00 bits per heavy atom. The lowest BCUT2D eigenvalue weighted by molar-refractivity contribution is -0.120. The maximum atomic E-state index is 12.7. The molecule has 0 unspecified atom stereocenters. The highest BCUT2D eigenvalue weighted by atomic mass is 35.5. The summed E-state index contributed by atoms with van der Waals surface area (Å²) in [5.41, 5.74) is 6.90. The largest absolute Gasteiger partial charge is 0.405 e. The van der Waals surface area contributed by atoms with Crippen molar-refractivity contribution in [3.05, 3.63) is 28.8 Å². The van der Waals surface area contributed by atoms with Gasteiger partial charge in [0.2, 0.25) is 0 Å². The molecule has 1 aromatic rings. The number of hydrogen-bond acceptors (Lipinski definition) is 2. The highest BCUT2D eigenvalue weighted by molar-refractivity contribution is 6.30. The number of nitrogens with two attached hydrogens (primary N) is 1. The summed E-state index contributed by atoms with van der Waals surface area (Å²) in [5, 5.41) is 0.448. The SMILES string of the molecule is NCCc1ccc(Cl)cc1N(CC(F)(F)F)C1CC1. The Balaban J connectivity index is 2.32. The average Bonchev–Trinajstić information content (AvgIpc) is 3.11. The highest BCUT2D eigenvalue weighted by Crippen LogP contribution is 2.37. The third-order valence-corrected chi connectivity index (χ3v) is 3.34. The van der Waals surface area contributed by atoms with E-state index in [2.05, 4.69) is 0 Å². The van der Waals surface area contributed by atoms with Crippen molar-refractivity contribution in [1.82, 2.24) is 0 Å².